The monoisotopic (exact) mass is 159 g/mol. The predicted octanol–water partition coefficient (Wildman–Crippen LogP) is -1.96. The summed E-state index contributed by atoms with van der Waals surface area (Å²) >= 11 is 0. The molecular weight excluding hydrogens is 146 g/mol. The first kappa shape index (κ1) is 8.45. The lowest BCUT2D eigenvalue weighted by atomic mass is 10.2. The summed E-state index contributed by atoms with van der Waals surface area (Å²) < 4.78 is 0. The fraction of sp³-hybridized carbons (Fsp3) is 0.833. The van der Waals surface area contributed by atoms with Crippen molar-refractivity contribution in [2.45, 2.75) is 12.1 Å². The number of aliphatic carboxylic acids is 1. The maximum absolute atomic E-state index is 10.2. The van der Waals surface area contributed by atoms with Crippen LogP contribution in [0.15, 0.2) is 0 Å². The molecule has 0 spiro atoms. The molecule has 0 aliphatic carbocycles. The van der Waals surface area contributed by atoms with Crippen LogP contribution in [0.4, 0.5) is 0 Å². The lowest BCUT2D eigenvalue weighted by molar-refractivity contribution is -0.138. The molecule has 0 aromatic heterocycles. The van der Waals surface area contributed by atoms with Crippen molar-refractivity contribution in [3.8, 4) is 0 Å². The standard InChI is InChI=1S/C6H13N3O2/c7-4-1-9(2-5(4)8)3-6(10)11/h4-5H,1-3,7-8H2,(H,10,11). The molecular formula is C6H13N3O2. The fourth-order valence-corrected chi connectivity index (χ4v) is 1.26. The normalized spacial score (nSPS) is 32.5. The van der Waals surface area contributed by atoms with Gasteiger partial charge in [-0.2, -0.15) is 0 Å². The highest BCUT2D eigenvalue weighted by molar-refractivity contribution is 5.69. The fourth-order valence-electron chi connectivity index (χ4n) is 1.26. The maximum atomic E-state index is 10.2. The Kier molecular flexibility index (Phi) is 2.43. The number of hydrogen-bond acceptors (Lipinski definition) is 4. The second-order valence-corrected chi connectivity index (χ2v) is 2.92. The molecule has 0 radical (unpaired) electrons. The molecule has 0 saturated carbocycles. The largest absolute Gasteiger partial charge is 0.480 e. The van der Waals surface area contributed by atoms with Gasteiger partial charge in [-0.05, 0) is 0 Å². The highest BCUT2D eigenvalue weighted by Gasteiger charge is 2.27. The summed E-state index contributed by atoms with van der Waals surface area (Å²) in [7, 11) is 0. The van der Waals surface area contributed by atoms with Crippen LogP contribution in [0.25, 0.3) is 0 Å². The van der Waals surface area contributed by atoms with Crippen LogP contribution in [0.5, 0.6) is 0 Å². The first-order valence-electron chi connectivity index (χ1n) is 3.55. The molecule has 0 amide bonds. The molecule has 0 aromatic carbocycles. The summed E-state index contributed by atoms with van der Waals surface area (Å²) in [6, 6.07) is -0.149. The van der Waals surface area contributed by atoms with Crippen LogP contribution in [0.1, 0.15) is 0 Å². The highest BCUT2D eigenvalue weighted by atomic mass is 16.4. The number of carbonyl (C=O) groups is 1. The van der Waals surface area contributed by atoms with Crippen molar-refractivity contribution in [1.29, 1.82) is 0 Å². The SMILES string of the molecule is NC1CN(CC(=O)O)CC1N. The van der Waals surface area contributed by atoms with Gasteiger partial charge in [0, 0.05) is 25.2 Å². The van der Waals surface area contributed by atoms with E-state index in [1.165, 1.54) is 0 Å². The van der Waals surface area contributed by atoms with E-state index in [0.717, 1.165) is 0 Å². The molecule has 64 valence electrons. The van der Waals surface area contributed by atoms with E-state index in [1.807, 2.05) is 0 Å². The number of likely N-dealkylation sites (tertiary alicyclic amines) is 1. The van der Waals surface area contributed by atoms with Crippen molar-refractivity contribution < 1.29 is 9.90 Å². The molecule has 0 bridgehead atoms. The highest BCUT2D eigenvalue weighted by Crippen LogP contribution is 2.04. The molecule has 1 saturated heterocycles. The van der Waals surface area contributed by atoms with E-state index in [9.17, 15) is 4.79 Å². The number of carboxylic acid groups (broad SMARTS) is 1. The first-order valence-corrected chi connectivity index (χ1v) is 3.55. The quantitative estimate of drug-likeness (QED) is 0.435. The van der Waals surface area contributed by atoms with E-state index in [4.69, 9.17) is 16.6 Å². The summed E-state index contributed by atoms with van der Waals surface area (Å²) in [5, 5.41) is 8.42. The third-order valence-corrected chi connectivity index (χ3v) is 1.85. The average molecular weight is 159 g/mol. The zero-order valence-corrected chi connectivity index (χ0v) is 6.23. The van der Waals surface area contributed by atoms with E-state index in [2.05, 4.69) is 0 Å². The van der Waals surface area contributed by atoms with Crippen molar-refractivity contribution in [3.63, 3.8) is 0 Å². The number of carboxylic acids is 1. The van der Waals surface area contributed by atoms with Crippen molar-refractivity contribution in [2.24, 2.45) is 11.5 Å². The lowest BCUT2D eigenvalue weighted by Gasteiger charge is -2.10. The molecule has 1 rings (SSSR count). The van der Waals surface area contributed by atoms with Crippen molar-refractivity contribution in [3.05, 3.63) is 0 Å². The molecule has 5 N–H and O–H groups in total. The van der Waals surface area contributed by atoms with Gasteiger partial charge in [-0.1, -0.05) is 0 Å². The van der Waals surface area contributed by atoms with Crippen LogP contribution in [-0.4, -0.2) is 47.7 Å². The maximum Gasteiger partial charge on any atom is 0.317 e. The Labute approximate surface area is 65.0 Å². The first-order chi connectivity index (χ1) is 5.09. The van der Waals surface area contributed by atoms with Gasteiger partial charge in [-0.15, -0.1) is 0 Å². The Balaban J connectivity index is 2.35. The van der Waals surface area contributed by atoms with Gasteiger partial charge in [0.25, 0.3) is 0 Å². The van der Waals surface area contributed by atoms with Gasteiger partial charge in [0.15, 0.2) is 0 Å². The summed E-state index contributed by atoms with van der Waals surface area (Å²) in [4.78, 5) is 12.0. The van der Waals surface area contributed by atoms with Crippen LogP contribution in [0.3, 0.4) is 0 Å². The molecule has 11 heavy (non-hydrogen) atoms. The molecule has 1 aliphatic rings. The van der Waals surface area contributed by atoms with Gasteiger partial charge in [0.05, 0.1) is 6.54 Å². The Bertz CT molecular complexity index is 152. The summed E-state index contributed by atoms with van der Waals surface area (Å²) in [6.45, 7) is 1.22. The molecule has 0 aromatic rings. The average Bonchev–Trinajstić information content (AvgIpc) is 2.10. The molecule has 5 heteroatoms. The minimum Gasteiger partial charge on any atom is -0.480 e. The minimum atomic E-state index is -0.827. The van der Waals surface area contributed by atoms with E-state index in [-0.39, 0.29) is 18.6 Å². The molecule has 5 nitrogen and oxygen atoms in total. The molecule has 1 aliphatic heterocycles. The second-order valence-electron chi connectivity index (χ2n) is 2.92. The summed E-state index contributed by atoms with van der Waals surface area (Å²) in [5.74, 6) is -0.827. The third-order valence-electron chi connectivity index (χ3n) is 1.85. The van der Waals surface area contributed by atoms with Gasteiger partial charge in [-0.3, -0.25) is 9.69 Å². The zero-order chi connectivity index (χ0) is 8.43. The molecule has 1 fully saturated rings. The van der Waals surface area contributed by atoms with Crippen molar-refractivity contribution in [1.82, 2.24) is 4.90 Å². The Morgan fingerprint density at radius 2 is 1.91 bits per heavy atom. The van der Waals surface area contributed by atoms with Crippen LogP contribution < -0.4 is 11.5 Å². The lowest BCUT2D eigenvalue weighted by Crippen LogP contribution is -2.39. The molecule has 1 heterocycles. The summed E-state index contributed by atoms with van der Waals surface area (Å²) in [5.41, 5.74) is 11.2. The van der Waals surface area contributed by atoms with Crippen LogP contribution in [0.2, 0.25) is 0 Å². The number of nitrogens with two attached hydrogens (primary N) is 2. The van der Waals surface area contributed by atoms with Crippen LogP contribution in [0, 0.1) is 0 Å². The molecule has 2 atom stereocenters. The number of rotatable bonds is 2. The Morgan fingerprint density at radius 1 is 1.45 bits per heavy atom. The Hall–Kier alpha value is -0.650. The van der Waals surface area contributed by atoms with Crippen molar-refractivity contribution in [2.75, 3.05) is 19.6 Å². The van der Waals surface area contributed by atoms with Crippen LogP contribution in [-0.2, 0) is 4.79 Å². The molecule has 2 unspecified atom stereocenters. The van der Waals surface area contributed by atoms with Gasteiger partial charge in [0.1, 0.15) is 0 Å². The summed E-state index contributed by atoms with van der Waals surface area (Å²) in [6.07, 6.45) is 0. The van der Waals surface area contributed by atoms with Gasteiger partial charge >= 0.3 is 5.97 Å². The Morgan fingerprint density at radius 3 is 2.27 bits per heavy atom. The predicted molar refractivity (Wildman–Crippen MR) is 40.0 cm³/mol. The second kappa shape index (κ2) is 3.17. The van der Waals surface area contributed by atoms with Crippen molar-refractivity contribution >= 4 is 5.97 Å². The number of nitrogens with zero attached hydrogens (tertiary/aromatic N) is 1. The van der Waals surface area contributed by atoms with E-state index in [0.29, 0.717) is 13.1 Å². The smallest absolute Gasteiger partial charge is 0.317 e. The van der Waals surface area contributed by atoms with Gasteiger partial charge < -0.3 is 16.6 Å². The van der Waals surface area contributed by atoms with Gasteiger partial charge in [0.2, 0.25) is 0 Å². The van der Waals surface area contributed by atoms with Gasteiger partial charge in [-0.25, -0.2) is 0 Å². The topological polar surface area (TPSA) is 92.6 Å². The number of hydrogen-bond donors (Lipinski definition) is 3. The zero-order valence-electron chi connectivity index (χ0n) is 6.23. The van der Waals surface area contributed by atoms with E-state index < -0.39 is 5.97 Å². The minimum absolute atomic E-state index is 0.0431. The van der Waals surface area contributed by atoms with E-state index in [1.54, 1.807) is 4.90 Å². The van der Waals surface area contributed by atoms with E-state index >= 15 is 0 Å². The third kappa shape index (κ3) is 2.14. The van der Waals surface area contributed by atoms with Crippen LogP contribution >= 0.6 is 0 Å².